The van der Waals surface area contributed by atoms with Gasteiger partial charge in [0.25, 0.3) is 0 Å². The average Bonchev–Trinajstić information content (AvgIpc) is 2.47. The van der Waals surface area contributed by atoms with Gasteiger partial charge in [0.05, 0.1) is 22.7 Å². The fraction of sp³-hybridized carbons (Fsp3) is 0.647. The number of ether oxygens (including phenoxy) is 1. The van der Waals surface area contributed by atoms with E-state index in [1.807, 2.05) is 31.2 Å². The summed E-state index contributed by atoms with van der Waals surface area (Å²) in [5.41, 5.74) is -0.264. The van der Waals surface area contributed by atoms with E-state index in [0.29, 0.717) is 32.3 Å². The van der Waals surface area contributed by atoms with E-state index in [2.05, 4.69) is 0 Å². The standard InChI is InChI=1S/C17H24O4S/c1-2-9-21-14-6-3-5-13(10-14)17(18)11-15-7-4-8-16(12-17)22(15,19)20/h3,5-6,10,15-16,18H,2,4,7-9,11-12H2,1H3. The van der Waals surface area contributed by atoms with E-state index in [-0.39, 0.29) is 0 Å². The van der Waals surface area contributed by atoms with E-state index >= 15 is 0 Å². The molecule has 22 heavy (non-hydrogen) atoms. The van der Waals surface area contributed by atoms with Crippen molar-refractivity contribution in [2.75, 3.05) is 6.61 Å². The number of fused-ring (bicyclic) bond motifs is 2. The van der Waals surface area contributed by atoms with Gasteiger partial charge in [0.1, 0.15) is 5.75 Å². The highest BCUT2D eigenvalue weighted by Crippen LogP contribution is 2.46. The molecule has 0 aromatic heterocycles. The molecule has 2 fully saturated rings. The van der Waals surface area contributed by atoms with Crippen LogP contribution < -0.4 is 4.74 Å². The number of aliphatic hydroxyl groups is 1. The van der Waals surface area contributed by atoms with Crippen molar-refractivity contribution in [1.82, 2.24) is 0 Å². The maximum absolute atomic E-state index is 12.4. The van der Waals surface area contributed by atoms with Crippen LogP contribution in [-0.4, -0.2) is 30.6 Å². The highest BCUT2D eigenvalue weighted by Gasteiger charge is 2.50. The van der Waals surface area contributed by atoms with Gasteiger partial charge in [0, 0.05) is 0 Å². The minimum atomic E-state index is -3.06. The number of hydrogen-bond donors (Lipinski definition) is 1. The molecule has 0 radical (unpaired) electrons. The van der Waals surface area contributed by atoms with Crippen molar-refractivity contribution in [3.63, 3.8) is 0 Å². The second kappa shape index (κ2) is 5.85. The van der Waals surface area contributed by atoms with Crippen LogP contribution >= 0.6 is 0 Å². The third kappa shape index (κ3) is 2.76. The zero-order valence-electron chi connectivity index (χ0n) is 13.0. The van der Waals surface area contributed by atoms with Crippen LogP contribution in [0.3, 0.4) is 0 Å². The molecule has 2 aliphatic rings. The Morgan fingerprint density at radius 3 is 2.59 bits per heavy atom. The topological polar surface area (TPSA) is 63.6 Å². The van der Waals surface area contributed by atoms with Crippen LogP contribution in [0.4, 0.5) is 0 Å². The maximum atomic E-state index is 12.4. The van der Waals surface area contributed by atoms with Gasteiger partial charge in [-0.2, -0.15) is 0 Å². The summed E-state index contributed by atoms with van der Waals surface area (Å²) in [5.74, 6) is 0.742. The van der Waals surface area contributed by atoms with Gasteiger partial charge in [-0.25, -0.2) is 8.42 Å². The Morgan fingerprint density at radius 2 is 1.95 bits per heavy atom. The van der Waals surface area contributed by atoms with Crippen LogP contribution in [0.2, 0.25) is 0 Å². The number of sulfone groups is 1. The summed E-state index contributed by atoms with van der Waals surface area (Å²) < 4.78 is 30.4. The van der Waals surface area contributed by atoms with Gasteiger partial charge in [0.2, 0.25) is 0 Å². The monoisotopic (exact) mass is 324 g/mol. The molecule has 2 aliphatic heterocycles. The maximum Gasteiger partial charge on any atom is 0.156 e. The summed E-state index contributed by atoms with van der Waals surface area (Å²) in [6, 6.07) is 7.50. The first kappa shape index (κ1) is 15.8. The quantitative estimate of drug-likeness (QED) is 0.925. The van der Waals surface area contributed by atoms with E-state index in [4.69, 9.17) is 4.74 Å². The number of rotatable bonds is 4. The molecule has 2 atom stereocenters. The van der Waals surface area contributed by atoms with Gasteiger partial charge >= 0.3 is 0 Å². The highest BCUT2D eigenvalue weighted by atomic mass is 32.2. The molecule has 1 N–H and O–H groups in total. The van der Waals surface area contributed by atoms with Crippen LogP contribution in [0, 0.1) is 0 Å². The molecule has 122 valence electrons. The van der Waals surface area contributed by atoms with Crippen molar-refractivity contribution in [1.29, 1.82) is 0 Å². The van der Waals surface area contributed by atoms with E-state index in [1.165, 1.54) is 0 Å². The smallest absolute Gasteiger partial charge is 0.156 e. The van der Waals surface area contributed by atoms with Gasteiger partial charge in [0.15, 0.2) is 9.84 Å². The molecule has 2 bridgehead atoms. The lowest BCUT2D eigenvalue weighted by Gasteiger charge is -2.44. The summed E-state index contributed by atoms with van der Waals surface area (Å²) in [6.45, 7) is 2.69. The average molecular weight is 324 g/mol. The van der Waals surface area contributed by atoms with E-state index in [9.17, 15) is 13.5 Å². The lowest BCUT2D eigenvalue weighted by molar-refractivity contribution is 0.00480. The van der Waals surface area contributed by atoms with Gasteiger partial charge in [-0.3, -0.25) is 0 Å². The largest absolute Gasteiger partial charge is 0.494 e. The Morgan fingerprint density at radius 1 is 1.27 bits per heavy atom. The van der Waals surface area contributed by atoms with Crippen LogP contribution in [0.15, 0.2) is 24.3 Å². The first-order valence-corrected chi connectivity index (χ1v) is 9.75. The highest BCUT2D eigenvalue weighted by molar-refractivity contribution is 7.92. The van der Waals surface area contributed by atoms with Crippen LogP contribution in [0.1, 0.15) is 51.0 Å². The second-order valence-electron chi connectivity index (χ2n) is 6.58. The summed E-state index contributed by atoms with van der Waals surface area (Å²) in [7, 11) is -3.06. The molecule has 2 unspecified atom stereocenters. The van der Waals surface area contributed by atoms with E-state index < -0.39 is 25.9 Å². The molecule has 1 aromatic rings. The molecule has 4 nitrogen and oxygen atoms in total. The van der Waals surface area contributed by atoms with Crippen LogP contribution in [-0.2, 0) is 15.4 Å². The van der Waals surface area contributed by atoms with Crippen molar-refractivity contribution in [3.05, 3.63) is 29.8 Å². The molecule has 1 aromatic carbocycles. The summed E-state index contributed by atoms with van der Waals surface area (Å²) in [4.78, 5) is 0. The Labute approximate surface area is 132 Å². The molecular formula is C17H24O4S. The first-order chi connectivity index (χ1) is 10.5. The number of benzene rings is 1. The molecule has 0 amide bonds. The second-order valence-corrected chi connectivity index (χ2v) is 9.09. The van der Waals surface area contributed by atoms with Gasteiger partial charge in [-0.15, -0.1) is 0 Å². The predicted octanol–water partition coefficient (Wildman–Crippen LogP) is 2.79. The molecular weight excluding hydrogens is 300 g/mol. The number of hydrogen-bond acceptors (Lipinski definition) is 4. The molecule has 0 aliphatic carbocycles. The van der Waals surface area contributed by atoms with E-state index in [1.54, 1.807) is 0 Å². The van der Waals surface area contributed by atoms with E-state index in [0.717, 1.165) is 24.2 Å². The molecule has 2 saturated heterocycles. The Hall–Kier alpha value is -1.07. The first-order valence-electron chi connectivity index (χ1n) is 8.14. The summed E-state index contributed by atoms with van der Waals surface area (Å²) in [6.07, 6.45) is 3.84. The van der Waals surface area contributed by atoms with Crippen LogP contribution in [0.5, 0.6) is 5.75 Å². The van der Waals surface area contributed by atoms with Crippen molar-refractivity contribution < 1.29 is 18.3 Å². The lowest BCUT2D eigenvalue weighted by Crippen LogP contribution is -2.50. The van der Waals surface area contributed by atoms with Gasteiger partial charge in [-0.05, 0) is 49.8 Å². The zero-order valence-corrected chi connectivity index (χ0v) is 13.8. The van der Waals surface area contributed by atoms with Crippen molar-refractivity contribution in [3.8, 4) is 5.75 Å². The molecule has 2 heterocycles. The minimum absolute atomic E-state index is 0.309. The minimum Gasteiger partial charge on any atom is -0.494 e. The van der Waals surface area contributed by atoms with Crippen molar-refractivity contribution >= 4 is 9.84 Å². The molecule has 3 rings (SSSR count). The lowest BCUT2D eigenvalue weighted by atomic mass is 9.80. The molecule has 5 heteroatoms. The van der Waals surface area contributed by atoms with Gasteiger partial charge < -0.3 is 9.84 Å². The van der Waals surface area contributed by atoms with Crippen molar-refractivity contribution in [2.45, 2.75) is 61.5 Å². The Bertz CT molecular complexity index is 618. The molecule has 0 saturated carbocycles. The third-order valence-corrected chi connectivity index (χ3v) is 7.62. The fourth-order valence-corrected chi connectivity index (χ4v) is 6.33. The van der Waals surface area contributed by atoms with Crippen molar-refractivity contribution in [2.24, 2.45) is 0 Å². The Balaban J connectivity index is 1.88. The predicted molar refractivity (Wildman–Crippen MR) is 85.7 cm³/mol. The van der Waals surface area contributed by atoms with Gasteiger partial charge in [-0.1, -0.05) is 25.5 Å². The van der Waals surface area contributed by atoms with Crippen LogP contribution in [0.25, 0.3) is 0 Å². The Kier molecular flexibility index (Phi) is 4.21. The normalized spacial score (nSPS) is 33.4. The summed E-state index contributed by atoms with van der Waals surface area (Å²) >= 11 is 0. The summed E-state index contributed by atoms with van der Waals surface area (Å²) in [5, 5.41) is 10.3. The molecule has 0 spiro atoms. The zero-order chi connectivity index (χ0) is 15.8. The third-order valence-electron chi connectivity index (χ3n) is 4.96. The SMILES string of the molecule is CCCOc1cccc(C2(O)CC3CCCC(C2)S3(=O)=O)c1. The fourth-order valence-electron chi connectivity index (χ4n) is 3.78.